The smallest absolute Gasteiger partial charge is 0.124 e. The number of hydrogen-bond acceptors (Lipinski definition) is 1. The Kier molecular flexibility index (Phi) is 4.57. The molecule has 0 bridgehead atoms. The third-order valence-corrected chi connectivity index (χ3v) is 4.60. The van der Waals surface area contributed by atoms with Gasteiger partial charge in [0.05, 0.1) is 0 Å². The van der Waals surface area contributed by atoms with E-state index in [0.717, 1.165) is 23.4 Å². The van der Waals surface area contributed by atoms with Crippen LogP contribution in [-0.2, 0) is 6.42 Å². The fourth-order valence-corrected chi connectivity index (χ4v) is 3.35. The lowest BCUT2D eigenvalue weighted by atomic mass is 9.86. The summed E-state index contributed by atoms with van der Waals surface area (Å²) in [6.07, 6.45) is 6.25. The van der Waals surface area contributed by atoms with Gasteiger partial charge in [-0.2, -0.15) is 0 Å². The SMILES string of the molecule is NCC(Cc1ccc(F)cc1Br)C1CCCC1. The molecule has 3 heteroatoms. The monoisotopic (exact) mass is 299 g/mol. The quantitative estimate of drug-likeness (QED) is 0.897. The van der Waals surface area contributed by atoms with E-state index in [0.29, 0.717) is 5.92 Å². The fourth-order valence-electron chi connectivity index (χ4n) is 2.84. The van der Waals surface area contributed by atoms with Crippen molar-refractivity contribution in [3.63, 3.8) is 0 Å². The van der Waals surface area contributed by atoms with Crippen LogP contribution >= 0.6 is 15.9 Å². The summed E-state index contributed by atoms with van der Waals surface area (Å²) in [5.41, 5.74) is 7.07. The van der Waals surface area contributed by atoms with Gasteiger partial charge < -0.3 is 5.73 Å². The molecule has 1 aromatic carbocycles. The summed E-state index contributed by atoms with van der Waals surface area (Å²) >= 11 is 3.43. The van der Waals surface area contributed by atoms with E-state index in [1.54, 1.807) is 0 Å². The molecular weight excluding hydrogens is 281 g/mol. The van der Waals surface area contributed by atoms with E-state index in [9.17, 15) is 4.39 Å². The second-order valence-corrected chi connectivity index (χ2v) is 5.83. The van der Waals surface area contributed by atoms with Crippen LogP contribution in [0.1, 0.15) is 31.2 Å². The molecule has 94 valence electrons. The van der Waals surface area contributed by atoms with Gasteiger partial charge in [0, 0.05) is 4.47 Å². The van der Waals surface area contributed by atoms with Gasteiger partial charge in [-0.1, -0.05) is 47.7 Å². The summed E-state index contributed by atoms with van der Waals surface area (Å²) in [6, 6.07) is 4.94. The van der Waals surface area contributed by atoms with Crippen LogP contribution in [0.25, 0.3) is 0 Å². The Morgan fingerprint density at radius 3 is 2.65 bits per heavy atom. The minimum Gasteiger partial charge on any atom is -0.330 e. The van der Waals surface area contributed by atoms with Crippen LogP contribution in [0.3, 0.4) is 0 Å². The van der Waals surface area contributed by atoms with Crippen LogP contribution in [0.2, 0.25) is 0 Å². The molecule has 0 aliphatic heterocycles. The van der Waals surface area contributed by atoms with Crippen LogP contribution in [0.4, 0.5) is 4.39 Å². The Bertz CT molecular complexity index is 374. The van der Waals surface area contributed by atoms with Gasteiger partial charge in [-0.3, -0.25) is 0 Å². The summed E-state index contributed by atoms with van der Waals surface area (Å²) in [5, 5.41) is 0. The van der Waals surface area contributed by atoms with Gasteiger partial charge in [0.25, 0.3) is 0 Å². The molecule has 0 spiro atoms. The normalized spacial score (nSPS) is 18.5. The molecule has 17 heavy (non-hydrogen) atoms. The third kappa shape index (κ3) is 3.29. The lowest BCUT2D eigenvalue weighted by Gasteiger charge is -2.22. The van der Waals surface area contributed by atoms with Crippen molar-refractivity contribution in [1.82, 2.24) is 0 Å². The molecular formula is C14H19BrFN. The maximum Gasteiger partial charge on any atom is 0.124 e. The molecule has 2 N–H and O–H groups in total. The highest BCUT2D eigenvalue weighted by Gasteiger charge is 2.24. The maximum atomic E-state index is 13.0. The molecule has 1 aliphatic rings. The lowest BCUT2D eigenvalue weighted by molar-refractivity contribution is 0.344. The van der Waals surface area contributed by atoms with Crippen LogP contribution < -0.4 is 5.73 Å². The molecule has 1 atom stereocenters. The average Bonchev–Trinajstić information content (AvgIpc) is 2.81. The van der Waals surface area contributed by atoms with Crippen molar-refractivity contribution < 1.29 is 4.39 Å². The van der Waals surface area contributed by atoms with Gasteiger partial charge in [-0.15, -0.1) is 0 Å². The number of benzene rings is 1. The first-order chi connectivity index (χ1) is 8.20. The minimum atomic E-state index is -0.189. The van der Waals surface area contributed by atoms with Crippen molar-refractivity contribution in [3.8, 4) is 0 Å². The Labute approximate surface area is 111 Å². The number of halogens is 2. The van der Waals surface area contributed by atoms with Crippen molar-refractivity contribution in [2.75, 3.05) is 6.54 Å². The summed E-state index contributed by atoms with van der Waals surface area (Å²) in [7, 11) is 0. The number of hydrogen-bond donors (Lipinski definition) is 1. The highest BCUT2D eigenvalue weighted by Crippen LogP contribution is 2.34. The van der Waals surface area contributed by atoms with Crippen molar-refractivity contribution in [2.24, 2.45) is 17.6 Å². The van der Waals surface area contributed by atoms with Crippen LogP contribution in [-0.4, -0.2) is 6.54 Å². The fraction of sp³-hybridized carbons (Fsp3) is 0.571. The Morgan fingerprint density at radius 1 is 1.35 bits per heavy atom. The van der Waals surface area contributed by atoms with E-state index in [-0.39, 0.29) is 5.82 Å². The Morgan fingerprint density at radius 2 is 2.06 bits per heavy atom. The van der Waals surface area contributed by atoms with E-state index >= 15 is 0 Å². The van der Waals surface area contributed by atoms with Gasteiger partial charge in [0.2, 0.25) is 0 Å². The molecule has 0 radical (unpaired) electrons. The average molecular weight is 300 g/mol. The van der Waals surface area contributed by atoms with Crippen molar-refractivity contribution in [2.45, 2.75) is 32.1 Å². The van der Waals surface area contributed by atoms with E-state index in [1.165, 1.54) is 43.4 Å². The van der Waals surface area contributed by atoms with Gasteiger partial charge in [-0.25, -0.2) is 4.39 Å². The summed E-state index contributed by atoms with van der Waals surface area (Å²) < 4.78 is 13.9. The predicted octanol–water partition coefficient (Wildman–Crippen LogP) is 3.90. The number of nitrogens with two attached hydrogens (primary N) is 1. The van der Waals surface area contributed by atoms with Gasteiger partial charge in [-0.05, 0) is 42.5 Å². The first kappa shape index (κ1) is 13.0. The van der Waals surface area contributed by atoms with Crippen molar-refractivity contribution in [3.05, 3.63) is 34.1 Å². The van der Waals surface area contributed by atoms with Gasteiger partial charge in [0.15, 0.2) is 0 Å². The zero-order chi connectivity index (χ0) is 12.3. The first-order valence-corrected chi connectivity index (χ1v) is 7.14. The molecule has 2 rings (SSSR count). The second kappa shape index (κ2) is 5.96. The van der Waals surface area contributed by atoms with E-state index in [4.69, 9.17) is 5.73 Å². The zero-order valence-electron chi connectivity index (χ0n) is 9.96. The summed E-state index contributed by atoms with van der Waals surface area (Å²) in [5.74, 6) is 1.11. The standard InChI is InChI=1S/C14H19BrFN/c15-14-8-13(16)6-5-11(14)7-12(9-17)10-3-1-2-4-10/h5-6,8,10,12H,1-4,7,9,17H2. The summed E-state index contributed by atoms with van der Waals surface area (Å²) in [6.45, 7) is 0.731. The minimum absolute atomic E-state index is 0.189. The van der Waals surface area contributed by atoms with Gasteiger partial charge in [0.1, 0.15) is 5.82 Å². The molecule has 0 heterocycles. The molecule has 1 unspecified atom stereocenters. The van der Waals surface area contributed by atoms with Crippen molar-refractivity contribution >= 4 is 15.9 Å². The molecule has 1 aromatic rings. The third-order valence-electron chi connectivity index (χ3n) is 3.87. The summed E-state index contributed by atoms with van der Waals surface area (Å²) in [4.78, 5) is 0. The molecule has 1 nitrogen and oxygen atoms in total. The van der Waals surface area contributed by atoms with Crippen LogP contribution in [0.15, 0.2) is 22.7 Å². The maximum absolute atomic E-state index is 13.0. The highest BCUT2D eigenvalue weighted by molar-refractivity contribution is 9.10. The van der Waals surface area contributed by atoms with E-state index in [1.807, 2.05) is 6.07 Å². The topological polar surface area (TPSA) is 26.0 Å². The second-order valence-electron chi connectivity index (χ2n) is 4.98. The Balaban J connectivity index is 2.06. The Hall–Kier alpha value is -0.410. The van der Waals surface area contributed by atoms with Crippen LogP contribution in [0, 0.1) is 17.7 Å². The molecule has 1 fully saturated rings. The zero-order valence-corrected chi connectivity index (χ0v) is 11.5. The van der Waals surface area contributed by atoms with Crippen LogP contribution in [0.5, 0.6) is 0 Å². The molecule has 0 aromatic heterocycles. The molecule has 1 saturated carbocycles. The van der Waals surface area contributed by atoms with Crippen molar-refractivity contribution in [1.29, 1.82) is 0 Å². The number of rotatable bonds is 4. The van der Waals surface area contributed by atoms with E-state index in [2.05, 4.69) is 15.9 Å². The predicted molar refractivity (Wildman–Crippen MR) is 72.3 cm³/mol. The highest BCUT2D eigenvalue weighted by atomic mass is 79.9. The lowest BCUT2D eigenvalue weighted by Crippen LogP contribution is -2.24. The largest absolute Gasteiger partial charge is 0.330 e. The molecule has 1 aliphatic carbocycles. The van der Waals surface area contributed by atoms with Gasteiger partial charge >= 0.3 is 0 Å². The first-order valence-electron chi connectivity index (χ1n) is 6.34. The molecule has 0 saturated heterocycles. The molecule has 0 amide bonds. The van der Waals surface area contributed by atoms with E-state index < -0.39 is 0 Å².